The number of halogens is 1. The molecule has 2 aromatic rings. The molecule has 1 aliphatic rings. The summed E-state index contributed by atoms with van der Waals surface area (Å²) in [4.78, 5) is 13.4. The summed E-state index contributed by atoms with van der Waals surface area (Å²) in [6.07, 6.45) is 2.89. The zero-order valence-electron chi connectivity index (χ0n) is 19.2. The van der Waals surface area contributed by atoms with Crippen LogP contribution in [0.5, 0.6) is 5.75 Å². The van der Waals surface area contributed by atoms with Crippen LogP contribution < -0.4 is 14.4 Å². The molecule has 3 rings (SSSR count). The number of carbonyl (C=O) groups excluding carboxylic acids is 1. The van der Waals surface area contributed by atoms with Crippen molar-refractivity contribution >= 4 is 33.2 Å². The number of carbonyl (C=O) groups is 1. The molecule has 1 aliphatic heterocycles. The van der Waals surface area contributed by atoms with Crippen LogP contribution in [0.25, 0.3) is 0 Å². The first-order valence-corrected chi connectivity index (χ1v) is 13.2. The summed E-state index contributed by atoms with van der Waals surface area (Å²) in [5.41, 5.74) is 1.10. The molecule has 0 aromatic heterocycles. The van der Waals surface area contributed by atoms with E-state index in [2.05, 4.69) is 17.4 Å². The zero-order valence-corrected chi connectivity index (χ0v) is 20.8. The molecule has 0 saturated carbocycles. The van der Waals surface area contributed by atoms with E-state index >= 15 is 0 Å². The summed E-state index contributed by atoms with van der Waals surface area (Å²) >= 11 is 6.15. The molecule has 2 aromatic carbocycles. The topological polar surface area (TPSA) is 84.9 Å². The number of nitrogens with zero attached hydrogens (tertiary/aromatic N) is 1. The van der Waals surface area contributed by atoms with Crippen molar-refractivity contribution in [2.45, 2.75) is 37.6 Å². The van der Waals surface area contributed by atoms with Gasteiger partial charge in [-0.2, -0.15) is 0 Å². The molecule has 0 spiro atoms. The van der Waals surface area contributed by atoms with Crippen molar-refractivity contribution in [2.24, 2.45) is 0 Å². The Kier molecular flexibility index (Phi) is 8.26. The van der Waals surface area contributed by atoms with Gasteiger partial charge in [-0.3, -0.25) is 9.10 Å². The number of rotatable bonds is 9. The summed E-state index contributed by atoms with van der Waals surface area (Å²) in [5.74, 6) is -0.0481. The fourth-order valence-electron chi connectivity index (χ4n) is 4.37. The van der Waals surface area contributed by atoms with Crippen molar-refractivity contribution in [3.8, 4) is 5.75 Å². The number of sulfonamides is 1. The number of hydrogen-bond acceptors (Lipinski definition) is 5. The van der Waals surface area contributed by atoms with Crippen LogP contribution in [-0.2, 0) is 25.0 Å². The highest BCUT2D eigenvalue weighted by atomic mass is 35.5. The molecule has 7 nitrogen and oxygen atoms in total. The first kappa shape index (κ1) is 25.3. The van der Waals surface area contributed by atoms with E-state index in [9.17, 15) is 13.2 Å². The van der Waals surface area contributed by atoms with Crippen LogP contribution in [0, 0.1) is 0 Å². The molecule has 1 heterocycles. The van der Waals surface area contributed by atoms with Crippen LogP contribution in [0.1, 0.15) is 31.7 Å². The minimum Gasteiger partial charge on any atom is -0.495 e. The summed E-state index contributed by atoms with van der Waals surface area (Å²) in [5, 5.41) is 3.39. The van der Waals surface area contributed by atoms with Gasteiger partial charge >= 0.3 is 0 Å². The highest BCUT2D eigenvalue weighted by Gasteiger charge is 2.38. The molecule has 0 bridgehead atoms. The molecule has 0 unspecified atom stereocenters. The van der Waals surface area contributed by atoms with Gasteiger partial charge in [0, 0.05) is 30.2 Å². The van der Waals surface area contributed by atoms with E-state index in [1.807, 2.05) is 18.2 Å². The van der Waals surface area contributed by atoms with Gasteiger partial charge in [-0.25, -0.2) is 8.42 Å². The number of methoxy groups -OCH3 is 1. The van der Waals surface area contributed by atoms with Crippen molar-refractivity contribution in [3.05, 3.63) is 59.1 Å². The maximum Gasteiger partial charge on any atom is 0.243 e. The van der Waals surface area contributed by atoms with Gasteiger partial charge in [0.15, 0.2) is 0 Å². The number of anilines is 1. The molecular formula is C24H31ClN2O5S. The summed E-state index contributed by atoms with van der Waals surface area (Å²) < 4.78 is 37.7. The van der Waals surface area contributed by atoms with Gasteiger partial charge in [0.05, 0.1) is 19.1 Å². The first-order chi connectivity index (χ1) is 15.7. The molecule has 0 radical (unpaired) electrons. The Morgan fingerprint density at radius 3 is 2.45 bits per heavy atom. The molecule has 1 saturated heterocycles. The van der Waals surface area contributed by atoms with Crippen LogP contribution in [0.4, 0.5) is 5.69 Å². The predicted octanol–water partition coefficient (Wildman–Crippen LogP) is 3.76. The highest BCUT2D eigenvalue weighted by molar-refractivity contribution is 7.92. The molecule has 1 fully saturated rings. The molecule has 1 N–H and O–H groups in total. The third-order valence-electron chi connectivity index (χ3n) is 6.15. The minimum absolute atomic E-state index is 0.235. The molecule has 9 heteroatoms. The van der Waals surface area contributed by atoms with Gasteiger partial charge in [-0.1, -0.05) is 48.9 Å². The SMILES string of the molecule is CC[C@@H](C(=O)NCC1(c2ccccc2)CCOCC1)N(c1cc(Cl)ccc1OC)S(C)(=O)=O. The van der Waals surface area contributed by atoms with E-state index in [-0.39, 0.29) is 23.4 Å². The molecule has 0 aliphatic carbocycles. The van der Waals surface area contributed by atoms with Crippen molar-refractivity contribution in [3.63, 3.8) is 0 Å². The third-order valence-corrected chi connectivity index (χ3v) is 7.55. The smallest absolute Gasteiger partial charge is 0.243 e. The predicted molar refractivity (Wildman–Crippen MR) is 131 cm³/mol. The number of hydrogen-bond donors (Lipinski definition) is 1. The van der Waals surface area contributed by atoms with E-state index in [1.54, 1.807) is 19.1 Å². The zero-order chi connectivity index (χ0) is 24.1. The first-order valence-electron chi connectivity index (χ1n) is 11.0. The van der Waals surface area contributed by atoms with Crippen LogP contribution in [-0.4, -0.2) is 53.5 Å². The lowest BCUT2D eigenvalue weighted by atomic mass is 9.74. The summed E-state index contributed by atoms with van der Waals surface area (Å²) in [6, 6.07) is 13.8. The number of ether oxygens (including phenoxy) is 2. The van der Waals surface area contributed by atoms with Gasteiger partial charge in [0.1, 0.15) is 11.8 Å². The quantitative estimate of drug-likeness (QED) is 0.573. The van der Waals surface area contributed by atoms with Gasteiger partial charge in [0.2, 0.25) is 15.9 Å². The second kappa shape index (κ2) is 10.8. The lowest BCUT2D eigenvalue weighted by molar-refractivity contribution is -0.122. The van der Waals surface area contributed by atoms with Crippen LogP contribution in [0.15, 0.2) is 48.5 Å². The molecule has 180 valence electrons. The second-order valence-electron chi connectivity index (χ2n) is 8.28. The maximum atomic E-state index is 13.4. The standard InChI is InChI=1S/C24H31ClN2O5S/c1-4-20(27(33(3,29)30)21-16-19(25)10-11-22(21)31-2)23(28)26-17-24(12-14-32-15-13-24)18-8-6-5-7-9-18/h5-11,16,20H,4,12-15,17H2,1-3H3,(H,26,28)/t20-/m0/s1. The summed E-state index contributed by atoms with van der Waals surface area (Å²) in [7, 11) is -2.37. The van der Waals surface area contributed by atoms with Crippen molar-refractivity contribution < 1.29 is 22.7 Å². The molecule has 33 heavy (non-hydrogen) atoms. The fraction of sp³-hybridized carbons (Fsp3) is 0.458. The van der Waals surface area contributed by atoms with Crippen LogP contribution in [0.3, 0.4) is 0 Å². The Hall–Kier alpha value is -2.29. The van der Waals surface area contributed by atoms with E-state index in [1.165, 1.54) is 13.2 Å². The monoisotopic (exact) mass is 494 g/mol. The average molecular weight is 495 g/mol. The number of benzene rings is 2. The Bertz CT molecular complexity index is 1060. The lowest BCUT2D eigenvalue weighted by Gasteiger charge is -2.39. The largest absolute Gasteiger partial charge is 0.495 e. The van der Waals surface area contributed by atoms with Crippen molar-refractivity contribution in [1.82, 2.24) is 5.32 Å². The Morgan fingerprint density at radius 2 is 1.88 bits per heavy atom. The van der Waals surface area contributed by atoms with Gasteiger partial charge < -0.3 is 14.8 Å². The molecular weight excluding hydrogens is 464 g/mol. The Morgan fingerprint density at radius 1 is 1.21 bits per heavy atom. The van der Waals surface area contributed by atoms with Crippen molar-refractivity contribution in [2.75, 3.05) is 37.4 Å². The Labute approximate surface area is 201 Å². The third kappa shape index (κ3) is 5.80. The van der Waals surface area contributed by atoms with E-state index < -0.39 is 16.1 Å². The van der Waals surface area contributed by atoms with Crippen LogP contribution in [0.2, 0.25) is 5.02 Å². The van der Waals surface area contributed by atoms with E-state index in [0.29, 0.717) is 30.5 Å². The van der Waals surface area contributed by atoms with E-state index in [0.717, 1.165) is 29.0 Å². The van der Waals surface area contributed by atoms with Crippen LogP contribution >= 0.6 is 11.6 Å². The van der Waals surface area contributed by atoms with Gasteiger partial charge in [-0.15, -0.1) is 0 Å². The lowest BCUT2D eigenvalue weighted by Crippen LogP contribution is -2.52. The molecule has 1 amide bonds. The minimum atomic E-state index is -3.82. The van der Waals surface area contributed by atoms with E-state index in [4.69, 9.17) is 21.1 Å². The highest BCUT2D eigenvalue weighted by Crippen LogP contribution is 2.36. The number of nitrogens with one attached hydrogen (secondary N) is 1. The molecule has 1 atom stereocenters. The van der Waals surface area contributed by atoms with Crippen molar-refractivity contribution in [1.29, 1.82) is 0 Å². The maximum absolute atomic E-state index is 13.4. The number of amides is 1. The normalized spacial score (nSPS) is 16.6. The summed E-state index contributed by atoms with van der Waals surface area (Å²) in [6.45, 7) is 3.38. The average Bonchev–Trinajstić information content (AvgIpc) is 2.81. The van der Waals surface area contributed by atoms with Gasteiger partial charge in [0.25, 0.3) is 0 Å². The Balaban J connectivity index is 1.91. The fourth-order valence-corrected chi connectivity index (χ4v) is 5.74. The van der Waals surface area contributed by atoms with Gasteiger partial charge in [-0.05, 0) is 43.0 Å². The second-order valence-corrected chi connectivity index (χ2v) is 10.6.